The first-order chi connectivity index (χ1) is 13.8. The summed E-state index contributed by atoms with van der Waals surface area (Å²) in [6.07, 6.45) is 3.62. The quantitative estimate of drug-likeness (QED) is 0.367. The molecule has 1 aromatic heterocycles. The maximum atomic E-state index is 13.3. The molecule has 7 heteroatoms. The molecule has 0 spiro atoms. The van der Waals surface area contributed by atoms with Crippen LogP contribution in [0.5, 0.6) is 0 Å². The zero-order valence-corrected chi connectivity index (χ0v) is 18.1. The van der Waals surface area contributed by atoms with E-state index >= 15 is 0 Å². The number of halogens is 2. The van der Waals surface area contributed by atoms with Gasteiger partial charge in [-0.3, -0.25) is 9.79 Å². The first kappa shape index (κ1) is 22.9. The Balaban J connectivity index is 1.88. The summed E-state index contributed by atoms with van der Waals surface area (Å²) in [5.41, 5.74) is 0.562. The molecule has 2 aromatic rings. The molecule has 1 heterocycles. The summed E-state index contributed by atoms with van der Waals surface area (Å²) in [6.45, 7) is 8.81. The minimum atomic E-state index is -0.342. The van der Waals surface area contributed by atoms with Crippen LogP contribution in [-0.2, 0) is 12.0 Å². The number of pyridine rings is 1. The Morgan fingerprint density at radius 2 is 2.00 bits per heavy atom. The van der Waals surface area contributed by atoms with Crippen molar-refractivity contribution in [1.82, 2.24) is 15.2 Å². The predicted molar refractivity (Wildman–Crippen MR) is 118 cm³/mol. The molecule has 0 radical (unpaired) electrons. The van der Waals surface area contributed by atoms with Gasteiger partial charge in [0.15, 0.2) is 5.96 Å². The van der Waals surface area contributed by atoms with Crippen LogP contribution in [0.25, 0.3) is 0 Å². The summed E-state index contributed by atoms with van der Waals surface area (Å²) in [7, 11) is 0. The van der Waals surface area contributed by atoms with E-state index in [0.29, 0.717) is 18.1 Å². The fraction of sp³-hybridized carbons (Fsp3) is 0.455. The van der Waals surface area contributed by atoms with Gasteiger partial charge in [-0.25, -0.2) is 4.39 Å². The molecule has 0 fully saturated rings. The molecule has 0 aliphatic heterocycles. The minimum Gasteiger partial charge on any atom is -0.357 e. The monoisotopic (exact) mass is 420 g/mol. The molecule has 0 amide bonds. The SMILES string of the molecule is CCNC(=NCC(C)(C)c1ccc(F)cc1Cl)NCCCCn1ccccc1=O. The van der Waals surface area contributed by atoms with Crippen LogP contribution < -0.4 is 16.2 Å². The molecule has 5 nitrogen and oxygen atoms in total. The predicted octanol–water partition coefficient (Wildman–Crippen LogP) is 3.95. The highest BCUT2D eigenvalue weighted by molar-refractivity contribution is 6.31. The van der Waals surface area contributed by atoms with Gasteiger partial charge in [0.25, 0.3) is 0 Å². The summed E-state index contributed by atoms with van der Waals surface area (Å²) in [5.74, 6) is 0.390. The van der Waals surface area contributed by atoms with Crippen molar-refractivity contribution in [2.75, 3.05) is 19.6 Å². The molecule has 0 atom stereocenters. The number of unbranched alkanes of at least 4 members (excludes halogenated alkanes) is 1. The van der Waals surface area contributed by atoms with E-state index in [1.54, 1.807) is 22.8 Å². The highest BCUT2D eigenvalue weighted by Gasteiger charge is 2.23. The topological polar surface area (TPSA) is 58.4 Å². The summed E-state index contributed by atoms with van der Waals surface area (Å²) < 4.78 is 15.0. The molecule has 158 valence electrons. The van der Waals surface area contributed by atoms with Crippen LogP contribution in [0, 0.1) is 5.82 Å². The lowest BCUT2D eigenvalue weighted by atomic mass is 9.84. The van der Waals surface area contributed by atoms with Crippen molar-refractivity contribution in [1.29, 1.82) is 0 Å². The van der Waals surface area contributed by atoms with Crippen molar-refractivity contribution >= 4 is 17.6 Å². The molecule has 0 saturated heterocycles. The average molecular weight is 421 g/mol. The van der Waals surface area contributed by atoms with Gasteiger partial charge in [-0.2, -0.15) is 0 Å². The third-order valence-corrected chi connectivity index (χ3v) is 4.97. The molecular weight excluding hydrogens is 391 g/mol. The third-order valence-electron chi connectivity index (χ3n) is 4.65. The van der Waals surface area contributed by atoms with E-state index in [9.17, 15) is 9.18 Å². The van der Waals surface area contributed by atoms with Gasteiger partial charge in [-0.15, -0.1) is 0 Å². The van der Waals surface area contributed by atoms with Gasteiger partial charge >= 0.3 is 0 Å². The standard InChI is InChI=1S/C22H30ClFN4O/c1-4-25-21(26-12-6-8-14-28-13-7-5-9-20(28)29)27-16-22(2,3)18-11-10-17(24)15-19(18)23/h5,7,9-11,13,15H,4,6,8,12,14,16H2,1-3H3,(H2,25,26,27). The number of aliphatic imine (C=N–C) groups is 1. The van der Waals surface area contributed by atoms with E-state index in [4.69, 9.17) is 11.6 Å². The summed E-state index contributed by atoms with van der Waals surface area (Å²) in [6, 6.07) is 9.67. The number of aromatic nitrogens is 1. The summed E-state index contributed by atoms with van der Waals surface area (Å²) in [4.78, 5) is 16.4. The molecule has 0 saturated carbocycles. The van der Waals surface area contributed by atoms with Crippen LogP contribution in [-0.4, -0.2) is 30.2 Å². The molecule has 0 bridgehead atoms. The fourth-order valence-corrected chi connectivity index (χ4v) is 3.42. The normalized spacial score (nSPS) is 12.1. The van der Waals surface area contributed by atoms with Gasteiger partial charge < -0.3 is 15.2 Å². The highest BCUT2D eigenvalue weighted by Crippen LogP contribution is 2.30. The maximum absolute atomic E-state index is 13.3. The van der Waals surface area contributed by atoms with Gasteiger partial charge in [0, 0.05) is 42.3 Å². The Morgan fingerprint density at radius 1 is 1.21 bits per heavy atom. The van der Waals surface area contributed by atoms with Crippen LogP contribution in [0.1, 0.15) is 39.2 Å². The minimum absolute atomic E-state index is 0.0250. The van der Waals surface area contributed by atoms with E-state index < -0.39 is 0 Å². The van der Waals surface area contributed by atoms with Crippen molar-refractivity contribution in [3.05, 3.63) is 69.4 Å². The molecule has 2 rings (SSSR count). The smallest absolute Gasteiger partial charge is 0.250 e. The van der Waals surface area contributed by atoms with Crippen molar-refractivity contribution in [3.8, 4) is 0 Å². The van der Waals surface area contributed by atoms with E-state index in [2.05, 4.69) is 15.6 Å². The van der Waals surface area contributed by atoms with Gasteiger partial charge in [0.1, 0.15) is 5.82 Å². The van der Waals surface area contributed by atoms with E-state index in [-0.39, 0.29) is 16.8 Å². The molecule has 0 aliphatic carbocycles. The Morgan fingerprint density at radius 3 is 2.69 bits per heavy atom. The molecule has 0 aliphatic rings. The second-order valence-electron chi connectivity index (χ2n) is 7.57. The molecule has 2 N–H and O–H groups in total. The number of nitrogens with one attached hydrogen (secondary N) is 2. The van der Waals surface area contributed by atoms with Crippen molar-refractivity contribution in [2.24, 2.45) is 4.99 Å². The van der Waals surface area contributed by atoms with Crippen molar-refractivity contribution < 1.29 is 4.39 Å². The van der Waals surface area contributed by atoms with E-state index in [0.717, 1.165) is 37.5 Å². The number of nitrogens with zero attached hydrogens (tertiary/aromatic N) is 2. The number of hydrogen-bond donors (Lipinski definition) is 2. The Hall–Kier alpha value is -2.34. The van der Waals surface area contributed by atoms with Gasteiger partial charge in [-0.05, 0) is 43.5 Å². The zero-order valence-electron chi connectivity index (χ0n) is 17.3. The number of guanidine groups is 1. The summed E-state index contributed by atoms with van der Waals surface area (Å²) >= 11 is 6.23. The van der Waals surface area contributed by atoms with Crippen molar-refractivity contribution in [3.63, 3.8) is 0 Å². The largest absolute Gasteiger partial charge is 0.357 e. The summed E-state index contributed by atoms with van der Waals surface area (Å²) in [5, 5.41) is 6.98. The Bertz CT molecular complexity index is 879. The highest BCUT2D eigenvalue weighted by atomic mass is 35.5. The first-order valence-electron chi connectivity index (χ1n) is 9.96. The fourth-order valence-electron chi connectivity index (χ4n) is 3.00. The number of aryl methyl sites for hydroxylation is 1. The van der Waals surface area contributed by atoms with Crippen LogP contribution in [0.4, 0.5) is 4.39 Å². The maximum Gasteiger partial charge on any atom is 0.250 e. The van der Waals surface area contributed by atoms with E-state index in [1.165, 1.54) is 12.1 Å². The second-order valence-corrected chi connectivity index (χ2v) is 7.98. The molecule has 29 heavy (non-hydrogen) atoms. The Labute approximate surface area is 177 Å². The zero-order chi connectivity index (χ0) is 21.3. The number of benzene rings is 1. The first-order valence-corrected chi connectivity index (χ1v) is 10.3. The lowest BCUT2D eigenvalue weighted by Gasteiger charge is -2.25. The Kier molecular flexibility index (Phi) is 8.70. The van der Waals surface area contributed by atoms with Crippen LogP contribution in [0.3, 0.4) is 0 Å². The number of hydrogen-bond acceptors (Lipinski definition) is 2. The van der Waals surface area contributed by atoms with Crippen molar-refractivity contribution in [2.45, 2.75) is 45.6 Å². The van der Waals surface area contributed by atoms with Gasteiger partial charge in [0.2, 0.25) is 5.56 Å². The lowest BCUT2D eigenvalue weighted by molar-refractivity contribution is 0.533. The van der Waals surface area contributed by atoms with Crippen LogP contribution in [0.2, 0.25) is 5.02 Å². The lowest BCUT2D eigenvalue weighted by Crippen LogP contribution is -2.39. The van der Waals surface area contributed by atoms with E-state index in [1.807, 2.05) is 33.0 Å². The molecule has 0 unspecified atom stereocenters. The van der Waals surface area contributed by atoms with Crippen LogP contribution in [0.15, 0.2) is 52.4 Å². The van der Waals surface area contributed by atoms with Gasteiger partial charge in [0.05, 0.1) is 6.54 Å². The average Bonchev–Trinajstić information content (AvgIpc) is 2.67. The molecular formula is C22H30ClFN4O. The second kappa shape index (κ2) is 11.0. The van der Waals surface area contributed by atoms with Gasteiger partial charge in [-0.1, -0.05) is 37.6 Å². The number of rotatable bonds is 9. The third kappa shape index (κ3) is 7.20. The molecule has 1 aromatic carbocycles. The van der Waals surface area contributed by atoms with Crippen LogP contribution >= 0.6 is 11.6 Å².